The molecule has 1 aromatic carbocycles. The number of rotatable bonds is 3. The second-order valence-corrected chi connectivity index (χ2v) is 4.00. The van der Waals surface area contributed by atoms with E-state index in [2.05, 4.69) is 5.32 Å². The van der Waals surface area contributed by atoms with Crippen LogP contribution in [-0.2, 0) is 0 Å². The molecule has 0 heterocycles. The van der Waals surface area contributed by atoms with E-state index >= 15 is 0 Å². The van der Waals surface area contributed by atoms with Crippen molar-refractivity contribution in [1.82, 2.24) is 0 Å². The predicted molar refractivity (Wildman–Crippen MR) is 64.5 cm³/mol. The molecule has 0 saturated carbocycles. The van der Waals surface area contributed by atoms with E-state index in [0.29, 0.717) is 16.6 Å². The molecule has 1 N–H and O–H groups in total. The molecule has 0 radical (unpaired) electrons. The molecule has 0 saturated heterocycles. The van der Waals surface area contributed by atoms with E-state index in [1.54, 1.807) is 0 Å². The summed E-state index contributed by atoms with van der Waals surface area (Å²) in [5.41, 5.74) is 3.34. The molecule has 0 atom stereocenters. The summed E-state index contributed by atoms with van der Waals surface area (Å²) >= 11 is 17.1. The van der Waals surface area contributed by atoms with E-state index in [1.165, 1.54) is 5.54 Å². The topological polar surface area (TPSA) is 12.0 Å². The van der Waals surface area contributed by atoms with E-state index in [0.717, 1.165) is 11.3 Å². The molecular formula is C10H10Cl3N. The zero-order chi connectivity index (χ0) is 10.6. The minimum Gasteiger partial charge on any atom is -0.379 e. The van der Waals surface area contributed by atoms with Gasteiger partial charge in [-0.15, -0.1) is 0 Å². The van der Waals surface area contributed by atoms with Crippen molar-refractivity contribution < 1.29 is 0 Å². The maximum atomic E-state index is 5.96. The molecule has 0 amide bonds. The van der Waals surface area contributed by atoms with Crippen LogP contribution in [0.4, 0.5) is 5.69 Å². The highest BCUT2D eigenvalue weighted by Gasteiger charge is 2.00. The maximum absolute atomic E-state index is 5.96. The highest BCUT2D eigenvalue weighted by Crippen LogP contribution is 2.23. The second-order valence-electron chi connectivity index (χ2n) is 2.89. The molecule has 4 heteroatoms. The third-order valence-electron chi connectivity index (χ3n) is 1.69. The van der Waals surface area contributed by atoms with Gasteiger partial charge in [-0.25, -0.2) is 0 Å². The van der Waals surface area contributed by atoms with Crippen LogP contribution in [0, 0.1) is 6.92 Å². The van der Waals surface area contributed by atoms with E-state index < -0.39 is 0 Å². The molecule has 0 aliphatic carbocycles. The Balaban J connectivity index is 2.71. The Morgan fingerprint density at radius 1 is 1.50 bits per heavy atom. The SMILES string of the molecule is Cc1ccc(Cl)c(NC/C(Cl)=C/Cl)c1. The summed E-state index contributed by atoms with van der Waals surface area (Å²) in [6, 6.07) is 5.75. The summed E-state index contributed by atoms with van der Waals surface area (Å²) in [5.74, 6) is 0. The van der Waals surface area contributed by atoms with E-state index in [4.69, 9.17) is 34.8 Å². The van der Waals surface area contributed by atoms with Crippen LogP contribution >= 0.6 is 34.8 Å². The van der Waals surface area contributed by atoms with Crippen molar-refractivity contribution in [3.8, 4) is 0 Å². The van der Waals surface area contributed by atoms with Gasteiger partial charge in [-0.3, -0.25) is 0 Å². The molecule has 0 bridgehead atoms. The van der Waals surface area contributed by atoms with Crippen LogP contribution in [0.1, 0.15) is 5.56 Å². The van der Waals surface area contributed by atoms with Gasteiger partial charge in [0, 0.05) is 10.6 Å². The van der Waals surface area contributed by atoms with Crippen LogP contribution in [0.2, 0.25) is 5.02 Å². The zero-order valence-electron chi connectivity index (χ0n) is 7.65. The molecule has 0 unspecified atom stereocenters. The fourth-order valence-electron chi connectivity index (χ4n) is 0.993. The largest absolute Gasteiger partial charge is 0.379 e. The minimum absolute atomic E-state index is 0.480. The number of hydrogen-bond acceptors (Lipinski definition) is 1. The first-order valence-corrected chi connectivity index (χ1v) is 5.27. The summed E-state index contributed by atoms with van der Waals surface area (Å²) in [6.07, 6.45) is 0. The molecular weight excluding hydrogens is 240 g/mol. The predicted octanol–water partition coefficient (Wildman–Crippen LogP) is 4.38. The Kier molecular flexibility index (Phi) is 4.59. The van der Waals surface area contributed by atoms with Crippen LogP contribution < -0.4 is 5.32 Å². The van der Waals surface area contributed by atoms with Gasteiger partial charge in [-0.05, 0) is 24.6 Å². The number of aryl methyl sites for hydroxylation is 1. The van der Waals surface area contributed by atoms with Crippen molar-refractivity contribution >= 4 is 40.5 Å². The Morgan fingerprint density at radius 3 is 2.86 bits per heavy atom. The van der Waals surface area contributed by atoms with Crippen LogP contribution in [-0.4, -0.2) is 6.54 Å². The third kappa shape index (κ3) is 3.41. The van der Waals surface area contributed by atoms with Gasteiger partial charge in [0.15, 0.2) is 0 Å². The summed E-state index contributed by atoms with van der Waals surface area (Å²) in [4.78, 5) is 0. The first kappa shape index (κ1) is 11.7. The molecule has 14 heavy (non-hydrogen) atoms. The first-order chi connectivity index (χ1) is 6.63. The number of halogens is 3. The van der Waals surface area contributed by atoms with Gasteiger partial charge in [0.1, 0.15) is 0 Å². The number of benzene rings is 1. The lowest BCUT2D eigenvalue weighted by atomic mass is 10.2. The van der Waals surface area contributed by atoms with Gasteiger partial charge in [0.05, 0.1) is 17.3 Å². The van der Waals surface area contributed by atoms with Gasteiger partial charge in [-0.1, -0.05) is 40.9 Å². The highest BCUT2D eigenvalue weighted by molar-refractivity contribution is 6.37. The lowest BCUT2D eigenvalue weighted by Crippen LogP contribution is -2.01. The van der Waals surface area contributed by atoms with Gasteiger partial charge in [-0.2, -0.15) is 0 Å². The smallest absolute Gasteiger partial charge is 0.0637 e. The number of anilines is 1. The molecule has 1 nitrogen and oxygen atoms in total. The van der Waals surface area contributed by atoms with Crippen molar-refractivity contribution in [2.45, 2.75) is 6.92 Å². The van der Waals surface area contributed by atoms with Gasteiger partial charge >= 0.3 is 0 Å². The maximum Gasteiger partial charge on any atom is 0.0637 e. The van der Waals surface area contributed by atoms with Gasteiger partial charge in [0.25, 0.3) is 0 Å². The molecule has 1 aromatic rings. The van der Waals surface area contributed by atoms with E-state index in [9.17, 15) is 0 Å². The summed E-state index contributed by atoms with van der Waals surface area (Å²) in [5, 5.41) is 4.31. The number of hydrogen-bond donors (Lipinski definition) is 1. The summed E-state index contributed by atoms with van der Waals surface area (Å²) < 4.78 is 0. The quantitative estimate of drug-likeness (QED) is 0.839. The Bertz CT molecular complexity index is 347. The first-order valence-electron chi connectivity index (χ1n) is 4.08. The van der Waals surface area contributed by atoms with E-state index in [-0.39, 0.29) is 0 Å². The number of nitrogens with one attached hydrogen (secondary N) is 1. The Morgan fingerprint density at radius 2 is 2.21 bits per heavy atom. The van der Waals surface area contributed by atoms with Crippen LogP contribution in [0.5, 0.6) is 0 Å². The average molecular weight is 251 g/mol. The second kappa shape index (κ2) is 5.50. The average Bonchev–Trinajstić information content (AvgIpc) is 2.19. The molecule has 0 aliphatic heterocycles. The molecule has 1 rings (SSSR count). The normalized spacial score (nSPS) is 11.6. The van der Waals surface area contributed by atoms with Crippen molar-refractivity contribution in [2.24, 2.45) is 0 Å². The van der Waals surface area contributed by atoms with Crippen molar-refractivity contribution in [1.29, 1.82) is 0 Å². The van der Waals surface area contributed by atoms with Gasteiger partial charge in [0.2, 0.25) is 0 Å². The molecule has 0 spiro atoms. The Hall–Kier alpha value is -0.370. The summed E-state index contributed by atoms with van der Waals surface area (Å²) in [7, 11) is 0. The molecule has 0 aromatic heterocycles. The molecule has 0 aliphatic rings. The lowest BCUT2D eigenvalue weighted by molar-refractivity contribution is 1.30. The van der Waals surface area contributed by atoms with Crippen LogP contribution in [0.15, 0.2) is 28.8 Å². The minimum atomic E-state index is 0.480. The van der Waals surface area contributed by atoms with Crippen molar-refractivity contribution in [3.05, 3.63) is 39.4 Å². The van der Waals surface area contributed by atoms with Crippen molar-refractivity contribution in [2.75, 3.05) is 11.9 Å². The lowest BCUT2D eigenvalue weighted by Gasteiger charge is -2.08. The zero-order valence-corrected chi connectivity index (χ0v) is 9.92. The summed E-state index contributed by atoms with van der Waals surface area (Å²) in [6.45, 7) is 2.48. The van der Waals surface area contributed by atoms with Crippen molar-refractivity contribution in [3.63, 3.8) is 0 Å². The van der Waals surface area contributed by atoms with Gasteiger partial charge < -0.3 is 5.32 Å². The molecule has 76 valence electrons. The Labute approximate surface area is 98.7 Å². The highest BCUT2D eigenvalue weighted by atomic mass is 35.5. The van der Waals surface area contributed by atoms with Crippen LogP contribution in [0.25, 0.3) is 0 Å². The third-order valence-corrected chi connectivity index (χ3v) is 2.64. The molecule has 0 fully saturated rings. The standard InChI is InChI=1S/C10H10Cl3N/c1-7-2-3-9(13)10(4-7)14-6-8(12)5-11/h2-5,14H,6H2,1H3/b8-5-. The monoisotopic (exact) mass is 249 g/mol. The van der Waals surface area contributed by atoms with E-state index in [1.807, 2.05) is 25.1 Å². The fourth-order valence-corrected chi connectivity index (χ4v) is 1.32. The van der Waals surface area contributed by atoms with Crippen LogP contribution in [0.3, 0.4) is 0 Å². The fraction of sp³-hybridized carbons (Fsp3) is 0.200.